The van der Waals surface area contributed by atoms with Crippen LogP contribution in [-0.4, -0.2) is 28.2 Å². The molecule has 6 heteroatoms. The van der Waals surface area contributed by atoms with Crippen molar-refractivity contribution in [2.75, 3.05) is 23.8 Å². The van der Waals surface area contributed by atoms with E-state index in [0.717, 1.165) is 27.2 Å². The molecule has 0 aliphatic heterocycles. The summed E-state index contributed by atoms with van der Waals surface area (Å²) in [4.78, 5) is 9.01. The molecule has 0 radical (unpaired) electrons. The Balaban J connectivity index is 1.86. The lowest BCUT2D eigenvalue weighted by atomic mass is 10.2. The Bertz CT molecular complexity index is 673. The zero-order valence-corrected chi connectivity index (χ0v) is 14.0. The molecule has 1 aliphatic rings. The Morgan fingerprint density at radius 2 is 2.09 bits per heavy atom. The van der Waals surface area contributed by atoms with Gasteiger partial charge in [0.2, 0.25) is 5.95 Å². The Morgan fingerprint density at radius 1 is 1.27 bits per heavy atom. The third kappa shape index (κ3) is 3.75. The molecule has 1 fully saturated rings. The van der Waals surface area contributed by atoms with Crippen LogP contribution in [0, 0.1) is 6.92 Å². The molecule has 0 saturated heterocycles. The van der Waals surface area contributed by atoms with Gasteiger partial charge < -0.3 is 15.7 Å². The average molecular weight is 363 g/mol. The average Bonchev–Trinajstić information content (AvgIpc) is 3.33. The van der Waals surface area contributed by atoms with Gasteiger partial charge >= 0.3 is 0 Å². The summed E-state index contributed by atoms with van der Waals surface area (Å²) in [5.74, 6) is 1.89. The normalized spacial score (nSPS) is 14.0. The standard InChI is InChI=1S/C16H19BrN4O/c1-10-8-12(17)4-5-13(10)19-15-9-14(11-2-3-11)20-16(21-15)18-6-7-22/h4-5,8-9,11,22H,2-3,6-7H2,1H3,(H2,18,19,20,21). The lowest BCUT2D eigenvalue weighted by Gasteiger charge is -2.12. The first kappa shape index (κ1) is 15.2. The van der Waals surface area contributed by atoms with Crippen LogP contribution in [0.15, 0.2) is 28.7 Å². The molecular formula is C16H19BrN4O. The summed E-state index contributed by atoms with van der Waals surface area (Å²) in [6.07, 6.45) is 2.38. The molecule has 1 aromatic carbocycles. The van der Waals surface area contributed by atoms with Crippen molar-refractivity contribution >= 4 is 33.4 Å². The molecule has 0 spiro atoms. The maximum absolute atomic E-state index is 8.95. The molecule has 0 atom stereocenters. The minimum absolute atomic E-state index is 0.0611. The van der Waals surface area contributed by atoms with Gasteiger partial charge in [0, 0.05) is 28.7 Å². The largest absolute Gasteiger partial charge is 0.395 e. The van der Waals surface area contributed by atoms with E-state index in [1.54, 1.807) is 0 Å². The van der Waals surface area contributed by atoms with Gasteiger partial charge in [-0.25, -0.2) is 4.98 Å². The fourth-order valence-corrected chi connectivity index (χ4v) is 2.75. The third-order valence-corrected chi connectivity index (χ3v) is 4.08. The molecule has 22 heavy (non-hydrogen) atoms. The summed E-state index contributed by atoms with van der Waals surface area (Å²) in [5, 5.41) is 15.4. The number of aryl methyl sites for hydroxylation is 1. The van der Waals surface area contributed by atoms with E-state index in [0.29, 0.717) is 18.4 Å². The van der Waals surface area contributed by atoms with Crippen molar-refractivity contribution < 1.29 is 5.11 Å². The van der Waals surface area contributed by atoms with E-state index in [2.05, 4.69) is 49.5 Å². The lowest BCUT2D eigenvalue weighted by Crippen LogP contribution is -2.10. The fourth-order valence-electron chi connectivity index (χ4n) is 2.27. The number of nitrogens with one attached hydrogen (secondary N) is 2. The zero-order chi connectivity index (χ0) is 15.5. The Kier molecular flexibility index (Phi) is 4.59. The first-order valence-corrected chi connectivity index (χ1v) is 8.22. The van der Waals surface area contributed by atoms with Crippen molar-refractivity contribution in [2.45, 2.75) is 25.7 Å². The van der Waals surface area contributed by atoms with Crippen LogP contribution in [0.25, 0.3) is 0 Å². The maximum atomic E-state index is 8.95. The van der Waals surface area contributed by atoms with Crippen LogP contribution in [0.4, 0.5) is 17.5 Å². The smallest absolute Gasteiger partial charge is 0.224 e. The van der Waals surface area contributed by atoms with Crippen molar-refractivity contribution in [2.24, 2.45) is 0 Å². The van der Waals surface area contributed by atoms with E-state index in [9.17, 15) is 0 Å². The van der Waals surface area contributed by atoms with Gasteiger partial charge in [-0.3, -0.25) is 0 Å². The van der Waals surface area contributed by atoms with Crippen LogP contribution in [0.1, 0.15) is 30.0 Å². The molecule has 0 unspecified atom stereocenters. The maximum Gasteiger partial charge on any atom is 0.224 e. The second-order valence-corrected chi connectivity index (χ2v) is 6.43. The molecule has 0 bridgehead atoms. The zero-order valence-electron chi connectivity index (χ0n) is 12.4. The first-order valence-electron chi connectivity index (χ1n) is 7.42. The van der Waals surface area contributed by atoms with Gasteiger partial charge in [0.05, 0.1) is 12.3 Å². The number of aromatic nitrogens is 2. The number of hydrogen-bond acceptors (Lipinski definition) is 5. The molecule has 3 rings (SSSR count). The minimum atomic E-state index is 0.0611. The number of benzene rings is 1. The molecule has 1 aliphatic carbocycles. The van der Waals surface area contributed by atoms with Gasteiger partial charge in [-0.05, 0) is 43.5 Å². The molecule has 1 heterocycles. The molecule has 5 nitrogen and oxygen atoms in total. The van der Waals surface area contributed by atoms with Gasteiger partial charge in [0.15, 0.2) is 0 Å². The molecule has 116 valence electrons. The second kappa shape index (κ2) is 6.62. The van der Waals surface area contributed by atoms with Gasteiger partial charge in [0.25, 0.3) is 0 Å². The highest BCUT2D eigenvalue weighted by Crippen LogP contribution is 2.40. The Hall–Kier alpha value is -1.66. The topological polar surface area (TPSA) is 70.1 Å². The summed E-state index contributed by atoms with van der Waals surface area (Å²) < 4.78 is 1.06. The van der Waals surface area contributed by atoms with Gasteiger partial charge in [-0.2, -0.15) is 4.98 Å². The van der Waals surface area contributed by atoms with E-state index in [-0.39, 0.29) is 6.61 Å². The van der Waals surface area contributed by atoms with Crippen LogP contribution in [0.5, 0.6) is 0 Å². The van der Waals surface area contributed by atoms with Gasteiger partial charge in [-0.1, -0.05) is 15.9 Å². The van der Waals surface area contributed by atoms with Crippen LogP contribution < -0.4 is 10.6 Å². The quantitative estimate of drug-likeness (QED) is 0.732. The summed E-state index contributed by atoms with van der Waals surface area (Å²) in [5.41, 5.74) is 3.23. The number of anilines is 3. The summed E-state index contributed by atoms with van der Waals surface area (Å²) in [6, 6.07) is 8.11. The number of hydrogen-bond donors (Lipinski definition) is 3. The SMILES string of the molecule is Cc1cc(Br)ccc1Nc1cc(C2CC2)nc(NCCO)n1. The summed E-state index contributed by atoms with van der Waals surface area (Å²) in [7, 11) is 0. The highest BCUT2D eigenvalue weighted by atomic mass is 79.9. The Morgan fingerprint density at radius 3 is 2.77 bits per heavy atom. The van der Waals surface area contributed by atoms with E-state index >= 15 is 0 Å². The van der Waals surface area contributed by atoms with Gasteiger partial charge in [-0.15, -0.1) is 0 Å². The van der Waals surface area contributed by atoms with Crippen molar-refractivity contribution in [1.82, 2.24) is 9.97 Å². The number of nitrogens with zero attached hydrogens (tertiary/aromatic N) is 2. The number of halogens is 1. The summed E-state index contributed by atoms with van der Waals surface area (Å²) in [6.45, 7) is 2.57. The van der Waals surface area contributed by atoms with Crippen LogP contribution in [-0.2, 0) is 0 Å². The minimum Gasteiger partial charge on any atom is -0.395 e. The number of aliphatic hydroxyl groups is 1. The molecule has 1 aromatic heterocycles. The van der Waals surface area contributed by atoms with Crippen molar-refractivity contribution in [3.8, 4) is 0 Å². The first-order chi connectivity index (χ1) is 10.7. The summed E-state index contributed by atoms with van der Waals surface area (Å²) >= 11 is 3.47. The van der Waals surface area contributed by atoms with Crippen LogP contribution >= 0.6 is 15.9 Å². The molecule has 3 N–H and O–H groups in total. The lowest BCUT2D eigenvalue weighted by molar-refractivity contribution is 0.311. The molecule has 0 amide bonds. The van der Waals surface area contributed by atoms with Crippen LogP contribution in [0.3, 0.4) is 0 Å². The van der Waals surface area contributed by atoms with Crippen LogP contribution in [0.2, 0.25) is 0 Å². The monoisotopic (exact) mass is 362 g/mol. The number of rotatable bonds is 6. The molecular weight excluding hydrogens is 344 g/mol. The highest BCUT2D eigenvalue weighted by molar-refractivity contribution is 9.10. The number of aliphatic hydroxyl groups excluding tert-OH is 1. The predicted molar refractivity (Wildman–Crippen MR) is 91.7 cm³/mol. The predicted octanol–water partition coefficient (Wildman–Crippen LogP) is 3.57. The van der Waals surface area contributed by atoms with E-state index in [1.165, 1.54) is 12.8 Å². The van der Waals surface area contributed by atoms with Crippen molar-refractivity contribution in [1.29, 1.82) is 0 Å². The van der Waals surface area contributed by atoms with Crippen molar-refractivity contribution in [3.05, 3.63) is 40.0 Å². The van der Waals surface area contributed by atoms with Gasteiger partial charge in [0.1, 0.15) is 5.82 Å². The third-order valence-electron chi connectivity index (χ3n) is 3.59. The van der Waals surface area contributed by atoms with Crippen molar-refractivity contribution in [3.63, 3.8) is 0 Å². The van der Waals surface area contributed by atoms with E-state index in [4.69, 9.17) is 5.11 Å². The Labute approximate surface area is 138 Å². The molecule has 2 aromatic rings. The highest BCUT2D eigenvalue weighted by Gasteiger charge is 2.26. The molecule has 1 saturated carbocycles. The fraction of sp³-hybridized carbons (Fsp3) is 0.375. The second-order valence-electron chi connectivity index (χ2n) is 5.51. The van der Waals surface area contributed by atoms with E-state index < -0.39 is 0 Å². The van der Waals surface area contributed by atoms with E-state index in [1.807, 2.05) is 18.2 Å².